The molecular formula is C19H29ClO4. The maximum Gasteiger partial charge on any atom is 0.339 e. The van der Waals surface area contributed by atoms with Gasteiger partial charge in [0.25, 0.3) is 0 Å². The second-order valence-corrected chi connectivity index (χ2v) is 6.65. The highest BCUT2D eigenvalue weighted by molar-refractivity contribution is 6.33. The number of carboxylic acid groups (broad SMARTS) is 1. The molecule has 0 unspecified atom stereocenters. The van der Waals surface area contributed by atoms with Gasteiger partial charge in [0, 0.05) is 0 Å². The molecule has 0 heterocycles. The highest BCUT2D eigenvalue weighted by Crippen LogP contribution is 2.43. The maximum atomic E-state index is 11.6. The molecule has 0 spiro atoms. The summed E-state index contributed by atoms with van der Waals surface area (Å²) in [4.78, 5) is 11.6. The second kappa shape index (κ2) is 10.4. The predicted octanol–water partition coefficient (Wildman–Crippen LogP) is 5.70. The molecule has 0 atom stereocenters. The van der Waals surface area contributed by atoms with E-state index in [4.69, 9.17) is 11.6 Å². The molecule has 0 saturated heterocycles. The van der Waals surface area contributed by atoms with Gasteiger partial charge in [-0.1, -0.05) is 64.0 Å². The molecule has 0 aliphatic heterocycles. The number of carbonyl (C=O) groups is 1. The molecule has 0 aromatic heterocycles. The van der Waals surface area contributed by atoms with E-state index in [9.17, 15) is 20.1 Å². The molecule has 0 amide bonds. The van der Waals surface area contributed by atoms with Crippen molar-refractivity contribution in [3.8, 4) is 11.5 Å². The summed E-state index contributed by atoms with van der Waals surface area (Å²) >= 11 is 6.23. The summed E-state index contributed by atoms with van der Waals surface area (Å²) in [5, 5.41) is 29.6. The first-order chi connectivity index (χ1) is 11.5. The molecule has 1 rings (SSSR count). The Morgan fingerprint density at radius 2 is 1.33 bits per heavy atom. The highest BCUT2D eigenvalue weighted by atomic mass is 35.5. The molecule has 24 heavy (non-hydrogen) atoms. The molecule has 0 bridgehead atoms. The minimum atomic E-state index is -1.22. The minimum absolute atomic E-state index is 0.0967. The summed E-state index contributed by atoms with van der Waals surface area (Å²) in [6.45, 7) is 4.24. The number of benzene rings is 1. The Kier molecular flexibility index (Phi) is 8.98. The zero-order valence-corrected chi connectivity index (χ0v) is 15.5. The van der Waals surface area contributed by atoms with Crippen LogP contribution in [0.2, 0.25) is 5.02 Å². The van der Waals surface area contributed by atoms with Crippen molar-refractivity contribution < 1.29 is 20.1 Å². The van der Waals surface area contributed by atoms with E-state index in [1.54, 1.807) is 0 Å². The van der Waals surface area contributed by atoms with Crippen molar-refractivity contribution in [1.82, 2.24) is 0 Å². The van der Waals surface area contributed by atoms with Gasteiger partial charge in [0.05, 0.1) is 5.02 Å². The SMILES string of the molecule is CCCCCCc1c(Cl)c(O)c(O)c(C(=O)O)c1CCCCCC. The molecule has 0 radical (unpaired) electrons. The van der Waals surface area contributed by atoms with Gasteiger partial charge in [-0.15, -0.1) is 0 Å². The number of phenolic OH excluding ortho intramolecular Hbond substituents is 1. The molecule has 4 nitrogen and oxygen atoms in total. The van der Waals surface area contributed by atoms with Crippen LogP contribution in [0, 0.1) is 0 Å². The van der Waals surface area contributed by atoms with E-state index in [2.05, 4.69) is 13.8 Å². The number of hydrogen-bond donors (Lipinski definition) is 3. The Morgan fingerprint density at radius 1 is 0.833 bits per heavy atom. The van der Waals surface area contributed by atoms with Crippen LogP contribution < -0.4 is 0 Å². The zero-order valence-electron chi connectivity index (χ0n) is 14.7. The van der Waals surface area contributed by atoms with Gasteiger partial charge in [-0.2, -0.15) is 0 Å². The topological polar surface area (TPSA) is 77.8 Å². The van der Waals surface area contributed by atoms with Crippen LogP contribution in [0.4, 0.5) is 0 Å². The van der Waals surface area contributed by atoms with E-state index in [0.717, 1.165) is 51.4 Å². The smallest absolute Gasteiger partial charge is 0.339 e. The Hall–Kier alpha value is -1.42. The zero-order chi connectivity index (χ0) is 18.1. The van der Waals surface area contributed by atoms with Gasteiger partial charge in [0.15, 0.2) is 11.5 Å². The van der Waals surface area contributed by atoms with Crippen molar-refractivity contribution in [2.75, 3.05) is 0 Å². The number of aromatic carboxylic acids is 1. The molecule has 5 heteroatoms. The largest absolute Gasteiger partial charge is 0.504 e. The van der Waals surface area contributed by atoms with Crippen molar-refractivity contribution in [1.29, 1.82) is 0 Å². The van der Waals surface area contributed by atoms with E-state index < -0.39 is 17.5 Å². The lowest BCUT2D eigenvalue weighted by molar-refractivity contribution is 0.0691. The van der Waals surface area contributed by atoms with E-state index in [1.807, 2.05) is 0 Å². The van der Waals surface area contributed by atoms with Crippen molar-refractivity contribution in [3.05, 3.63) is 21.7 Å². The fourth-order valence-electron chi connectivity index (χ4n) is 3.02. The number of rotatable bonds is 11. The highest BCUT2D eigenvalue weighted by Gasteiger charge is 2.26. The van der Waals surface area contributed by atoms with Gasteiger partial charge in [-0.05, 0) is 36.8 Å². The molecule has 0 aliphatic rings. The molecule has 0 fully saturated rings. The minimum Gasteiger partial charge on any atom is -0.504 e. The molecule has 136 valence electrons. The van der Waals surface area contributed by atoms with Gasteiger partial charge in [0.2, 0.25) is 0 Å². The Labute approximate surface area is 149 Å². The van der Waals surface area contributed by atoms with Gasteiger partial charge in [-0.25, -0.2) is 4.79 Å². The third-order valence-corrected chi connectivity index (χ3v) is 4.78. The van der Waals surface area contributed by atoms with Gasteiger partial charge in [0.1, 0.15) is 5.56 Å². The van der Waals surface area contributed by atoms with Crippen LogP contribution in [-0.2, 0) is 12.8 Å². The monoisotopic (exact) mass is 356 g/mol. The van der Waals surface area contributed by atoms with Crippen molar-refractivity contribution in [2.24, 2.45) is 0 Å². The number of phenols is 2. The number of halogens is 1. The van der Waals surface area contributed by atoms with Gasteiger partial charge in [-0.3, -0.25) is 0 Å². The van der Waals surface area contributed by atoms with Crippen LogP contribution in [0.3, 0.4) is 0 Å². The van der Waals surface area contributed by atoms with Crippen molar-refractivity contribution in [3.63, 3.8) is 0 Å². The van der Waals surface area contributed by atoms with E-state index >= 15 is 0 Å². The molecule has 3 N–H and O–H groups in total. The Morgan fingerprint density at radius 3 is 1.79 bits per heavy atom. The number of aromatic hydroxyl groups is 2. The van der Waals surface area contributed by atoms with Crippen molar-refractivity contribution >= 4 is 17.6 Å². The van der Waals surface area contributed by atoms with E-state index in [1.165, 1.54) is 0 Å². The lowest BCUT2D eigenvalue weighted by atomic mass is 9.91. The second-order valence-electron chi connectivity index (χ2n) is 6.27. The summed E-state index contributed by atoms with van der Waals surface area (Å²) in [6.07, 6.45) is 9.35. The third-order valence-electron chi connectivity index (χ3n) is 4.37. The van der Waals surface area contributed by atoms with Crippen LogP contribution in [0.1, 0.15) is 86.7 Å². The quantitative estimate of drug-likeness (QED) is 0.351. The average Bonchev–Trinajstić information content (AvgIpc) is 2.55. The fourth-order valence-corrected chi connectivity index (χ4v) is 3.31. The summed E-state index contributed by atoms with van der Waals surface area (Å²) < 4.78 is 0. The maximum absolute atomic E-state index is 11.6. The summed E-state index contributed by atoms with van der Waals surface area (Å²) in [5.74, 6) is -2.35. The average molecular weight is 357 g/mol. The summed E-state index contributed by atoms with van der Waals surface area (Å²) in [7, 11) is 0. The predicted molar refractivity (Wildman–Crippen MR) is 97.4 cm³/mol. The normalized spacial score (nSPS) is 11.0. The number of unbranched alkanes of at least 4 members (excludes halogenated alkanes) is 6. The first-order valence-electron chi connectivity index (χ1n) is 8.94. The van der Waals surface area contributed by atoms with Crippen LogP contribution in [0.15, 0.2) is 0 Å². The first kappa shape index (κ1) is 20.6. The van der Waals surface area contributed by atoms with Crippen LogP contribution in [0.5, 0.6) is 11.5 Å². The van der Waals surface area contributed by atoms with Gasteiger partial charge >= 0.3 is 5.97 Å². The number of hydrogen-bond acceptors (Lipinski definition) is 3. The number of carboxylic acids is 1. The summed E-state index contributed by atoms with van der Waals surface area (Å²) in [6, 6.07) is 0. The summed E-state index contributed by atoms with van der Waals surface area (Å²) in [5.41, 5.74) is 1.06. The van der Waals surface area contributed by atoms with Crippen LogP contribution >= 0.6 is 11.6 Å². The molecule has 0 aliphatic carbocycles. The van der Waals surface area contributed by atoms with Crippen LogP contribution in [0.25, 0.3) is 0 Å². The first-order valence-corrected chi connectivity index (χ1v) is 9.31. The molecule has 1 aromatic carbocycles. The van der Waals surface area contributed by atoms with Crippen molar-refractivity contribution in [2.45, 2.75) is 78.1 Å². The Balaban J connectivity index is 3.17. The molecule has 0 saturated carbocycles. The molecule has 1 aromatic rings. The lowest BCUT2D eigenvalue weighted by Gasteiger charge is -2.18. The standard InChI is InChI=1S/C19H29ClO4/c1-3-5-7-9-11-13-14(12-10-8-6-4-2)16(20)18(22)17(21)15(13)19(23)24/h21-22H,3-12H2,1-2H3,(H,23,24). The fraction of sp³-hybridized carbons (Fsp3) is 0.632. The Bertz CT molecular complexity index is 555. The molecular weight excluding hydrogens is 328 g/mol. The van der Waals surface area contributed by atoms with Gasteiger partial charge < -0.3 is 15.3 Å². The lowest BCUT2D eigenvalue weighted by Crippen LogP contribution is -2.08. The van der Waals surface area contributed by atoms with E-state index in [0.29, 0.717) is 24.0 Å². The third kappa shape index (κ3) is 5.30. The van der Waals surface area contributed by atoms with Crippen LogP contribution in [-0.4, -0.2) is 21.3 Å². The van der Waals surface area contributed by atoms with E-state index in [-0.39, 0.29) is 10.6 Å².